The van der Waals surface area contributed by atoms with Gasteiger partial charge in [0.05, 0.1) is 18.1 Å². The van der Waals surface area contributed by atoms with Gasteiger partial charge in [0.15, 0.2) is 9.84 Å². The van der Waals surface area contributed by atoms with Gasteiger partial charge in [0, 0.05) is 26.2 Å². The van der Waals surface area contributed by atoms with E-state index in [9.17, 15) is 8.42 Å². The lowest BCUT2D eigenvalue weighted by molar-refractivity contribution is 0.198. The highest BCUT2D eigenvalue weighted by Gasteiger charge is 2.27. The third-order valence-electron chi connectivity index (χ3n) is 3.34. The number of hydrogen-bond donors (Lipinski definition) is 1. The first-order valence-corrected chi connectivity index (χ1v) is 8.51. The summed E-state index contributed by atoms with van der Waals surface area (Å²) in [5.74, 6) is 0.641. The van der Waals surface area contributed by atoms with Crippen LogP contribution in [0.4, 0.5) is 0 Å². The highest BCUT2D eigenvalue weighted by atomic mass is 32.2. The molecule has 6 heteroatoms. The molecule has 0 aromatic rings. The summed E-state index contributed by atoms with van der Waals surface area (Å²) in [5, 5.41) is 3.31. The summed E-state index contributed by atoms with van der Waals surface area (Å²) in [7, 11) is -1.08. The second kappa shape index (κ2) is 8.09. The van der Waals surface area contributed by atoms with E-state index in [1.165, 1.54) is 0 Å². The number of nitrogens with zero attached hydrogens (tertiary/aromatic N) is 1. The minimum absolute atomic E-state index is 0.171. The van der Waals surface area contributed by atoms with Crippen LogP contribution in [0.15, 0.2) is 0 Å². The van der Waals surface area contributed by atoms with Crippen molar-refractivity contribution in [1.29, 1.82) is 0 Å². The number of methoxy groups -OCH3 is 1. The molecule has 1 atom stereocenters. The Labute approximate surface area is 111 Å². The molecule has 1 unspecified atom stereocenters. The lowest BCUT2D eigenvalue weighted by Crippen LogP contribution is -2.47. The van der Waals surface area contributed by atoms with Crippen molar-refractivity contribution < 1.29 is 13.2 Å². The van der Waals surface area contributed by atoms with Gasteiger partial charge in [-0.25, -0.2) is 8.42 Å². The second-order valence-electron chi connectivity index (χ2n) is 4.95. The summed E-state index contributed by atoms with van der Waals surface area (Å²) in [4.78, 5) is 2.29. The van der Waals surface area contributed by atoms with Crippen molar-refractivity contribution in [1.82, 2.24) is 10.2 Å². The zero-order valence-corrected chi connectivity index (χ0v) is 12.3. The molecule has 0 spiro atoms. The third kappa shape index (κ3) is 6.13. The number of unbranched alkanes of at least 4 members (excludes halogenated alkanes) is 1. The number of hydrogen-bond acceptors (Lipinski definition) is 5. The van der Waals surface area contributed by atoms with E-state index in [1.54, 1.807) is 7.11 Å². The molecule has 0 radical (unpaired) electrons. The first-order chi connectivity index (χ1) is 8.55. The molecule has 1 heterocycles. The maximum absolute atomic E-state index is 11.4. The maximum atomic E-state index is 11.4. The molecule has 108 valence electrons. The van der Waals surface area contributed by atoms with Gasteiger partial charge in [0.25, 0.3) is 0 Å². The number of rotatable bonds is 8. The Morgan fingerprint density at radius 3 is 2.78 bits per heavy atom. The molecule has 0 amide bonds. The minimum atomic E-state index is -2.78. The van der Waals surface area contributed by atoms with Crippen LogP contribution in [0.3, 0.4) is 0 Å². The molecule has 0 aromatic carbocycles. The van der Waals surface area contributed by atoms with Crippen LogP contribution in [0.2, 0.25) is 0 Å². The highest BCUT2D eigenvalue weighted by molar-refractivity contribution is 7.91. The summed E-state index contributed by atoms with van der Waals surface area (Å²) in [5.41, 5.74) is 0. The first kappa shape index (κ1) is 15.9. The van der Waals surface area contributed by atoms with Crippen molar-refractivity contribution in [3.63, 3.8) is 0 Å². The van der Waals surface area contributed by atoms with Gasteiger partial charge < -0.3 is 10.1 Å². The van der Waals surface area contributed by atoms with Crippen molar-refractivity contribution >= 4 is 9.84 Å². The highest BCUT2D eigenvalue weighted by Crippen LogP contribution is 2.11. The fourth-order valence-electron chi connectivity index (χ4n) is 2.23. The zero-order chi connectivity index (χ0) is 13.4. The van der Waals surface area contributed by atoms with E-state index in [-0.39, 0.29) is 6.04 Å². The summed E-state index contributed by atoms with van der Waals surface area (Å²) in [6.07, 6.45) is 2.24. The molecule has 1 saturated heterocycles. The van der Waals surface area contributed by atoms with Crippen LogP contribution in [0.25, 0.3) is 0 Å². The Morgan fingerprint density at radius 1 is 1.33 bits per heavy atom. The zero-order valence-electron chi connectivity index (χ0n) is 11.5. The first-order valence-electron chi connectivity index (χ1n) is 6.69. The van der Waals surface area contributed by atoms with Crippen molar-refractivity contribution in [2.75, 3.05) is 51.4 Å². The normalized spacial score (nSPS) is 24.2. The van der Waals surface area contributed by atoms with Gasteiger partial charge in [0.2, 0.25) is 0 Å². The van der Waals surface area contributed by atoms with E-state index in [2.05, 4.69) is 10.2 Å². The molecule has 0 aromatic heterocycles. The van der Waals surface area contributed by atoms with E-state index in [1.807, 2.05) is 6.92 Å². The average Bonchev–Trinajstić information content (AvgIpc) is 2.29. The molecule has 1 rings (SSSR count). The van der Waals surface area contributed by atoms with Crippen LogP contribution in [-0.4, -0.2) is 70.8 Å². The quantitative estimate of drug-likeness (QED) is 0.639. The lowest BCUT2D eigenvalue weighted by Gasteiger charge is -2.33. The van der Waals surface area contributed by atoms with Gasteiger partial charge in [-0.1, -0.05) is 0 Å². The van der Waals surface area contributed by atoms with Crippen LogP contribution >= 0.6 is 0 Å². The Kier molecular flexibility index (Phi) is 7.14. The van der Waals surface area contributed by atoms with E-state index in [0.717, 1.165) is 39.1 Å². The third-order valence-corrected chi connectivity index (χ3v) is 5.13. The SMILES string of the molecule is COCCNCCCCN1CCS(=O)(=O)CC1C. The monoisotopic (exact) mass is 278 g/mol. The Bertz CT molecular complexity index is 319. The molecule has 0 saturated carbocycles. The topological polar surface area (TPSA) is 58.6 Å². The van der Waals surface area contributed by atoms with E-state index < -0.39 is 9.84 Å². The number of ether oxygens (including phenoxy) is 1. The van der Waals surface area contributed by atoms with Crippen LogP contribution < -0.4 is 5.32 Å². The predicted octanol–water partition coefficient (Wildman–Crippen LogP) is 0.122. The standard InChI is InChI=1S/C12H26N2O3S/c1-12-11-18(15,16)10-8-14(12)7-4-3-5-13-6-9-17-2/h12-13H,3-11H2,1-2H3. The van der Waals surface area contributed by atoms with Crippen LogP contribution in [0.5, 0.6) is 0 Å². The molecular formula is C12H26N2O3S. The second-order valence-corrected chi connectivity index (χ2v) is 7.18. The Balaban J connectivity index is 2.06. The average molecular weight is 278 g/mol. The summed E-state index contributed by atoms with van der Waals surface area (Å²) in [6, 6.07) is 0.171. The molecular weight excluding hydrogens is 252 g/mol. The lowest BCUT2D eigenvalue weighted by atomic mass is 10.2. The fraction of sp³-hybridized carbons (Fsp3) is 1.00. The van der Waals surface area contributed by atoms with Crippen LogP contribution in [0.1, 0.15) is 19.8 Å². The minimum Gasteiger partial charge on any atom is -0.383 e. The molecule has 0 bridgehead atoms. The summed E-state index contributed by atoms with van der Waals surface area (Å²) in [6.45, 7) is 6.36. The van der Waals surface area contributed by atoms with Crippen molar-refractivity contribution in [3.05, 3.63) is 0 Å². The van der Waals surface area contributed by atoms with Gasteiger partial charge in [-0.2, -0.15) is 0 Å². The van der Waals surface area contributed by atoms with Crippen LogP contribution in [0, 0.1) is 0 Å². The van der Waals surface area contributed by atoms with Gasteiger partial charge in [-0.15, -0.1) is 0 Å². The largest absolute Gasteiger partial charge is 0.383 e. The molecule has 5 nitrogen and oxygen atoms in total. The van der Waals surface area contributed by atoms with Crippen molar-refractivity contribution in [3.8, 4) is 0 Å². The molecule has 1 fully saturated rings. The van der Waals surface area contributed by atoms with Crippen molar-refractivity contribution in [2.45, 2.75) is 25.8 Å². The van der Waals surface area contributed by atoms with Gasteiger partial charge >= 0.3 is 0 Å². The van der Waals surface area contributed by atoms with Crippen LogP contribution in [-0.2, 0) is 14.6 Å². The summed E-state index contributed by atoms with van der Waals surface area (Å²) >= 11 is 0. The molecule has 1 aliphatic heterocycles. The smallest absolute Gasteiger partial charge is 0.153 e. The number of nitrogens with one attached hydrogen (secondary N) is 1. The van der Waals surface area contributed by atoms with Gasteiger partial charge in [0.1, 0.15) is 0 Å². The van der Waals surface area contributed by atoms with E-state index >= 15 is 0 Å². The molecule has 0 aliphatic carbocycles. The Morgan fingerprint density at radius 2 is 2.11 bits per heavy atom. The van der Waals surface area contributed by atoms with E-state index in [4.69, 9.17) is 4.74 Å². The molecule has 1 aliphatic rings. The maximum Gasteiger partial charge on any atom is 0.153 e. The van der Waals surface area contributed by atoms with E-state index in [0.29, 0.717) is 18.1 Å². The van der Waals surface area contributed by atoms with Gasteiger partial charge in [-0.05, 0) is 32.9 Å². The predicted molar refractivity (Wildman–Crippen MR) is 73.7 cm³/mol. The summed E-state index contributed by atoms with van der Waals surface area (Å²) < 4.78 is 27.8. The molecule has 1 N–H and O–H groups in total. The fourth-order valence-corrected chi connectivity index (χ4v) is 3.85. The van der Waals surface area contributed by atoms with Gasteiger partial charge in [-0.3, -0.25) is 4.90 Å². The molecule has 18 heavy (non-hydrogen) atoms. The Hall–Kier alpha value is -0.170. The van der Waals surface area contributed by atoms with Crippen molar-refractivity contribution in [2.24, 2.45) is 0 Å². The number of sulfone groups is 1.